The van der Waals surface area contributed by atoms with Gasteiger partial charge >= 0.3 is 0 Å². The highest BCUT2D eigenvalue weighted by Crippen LogP contribution is 2.34. The molecule has 2 aromatic rings. The van der Waals surface area contributed by atoms with Gasteiger partial charge in [-0.3, -0.25) is 24.5 Å². The molecule has 26 heavy (non-hydrogen) atoms. The molecular weight excluding hydrogens is 362 g/mol. The van der Waals surface area contributed by atoms with Gasteiger partial charge in [0.15, 0.2) is 4.90 Å². The standard InChI is InChI=1S/C16H15N3O6S/c1-3-11-17(13-8-6-9-14(12(13)2)18(20)21)26(24,25)16-10-5-4-7-15(16)19(22)23/h3-10H,1,11H2,2H3. The Morgan fingerprint density at radius 2 is 1.62 bits per heavy atom. The van der Waals surface area contributed by atoms with E-state index in [4.69, 9.17) is 0 Å². The van der Waals surface area contributed by atoms with Crippen LogP contribution in [0.1, 0.15) is 5.56 Å². The molecule has 0 radical (unpaired) electrons. The lowest BCUT2D eigenvalue weighted by molar-refractivity contribution is -0.387. The summed E-state index contributed by atoms with van der Waals surface area (Å²) >= 11 is 0. The van der Waals surface area contributed by atoms with Crippen molar-refractivity contribution in [2.75, 3.05) is 10.8 Å². The first-order valence-corrected chi connectivity index (χ1v) is 8.77. The summed E-state index contributed by atoms with van der Waals surface area (Å²) in [6, 6.07) is 8.93. The van der Waals surface area contributed by atoms with Crippen molar-refractivity contribution in [2.24, 2.45) is 0 Å². The number of rotatable bonds is 7. The second-order valence-corrected chi connectivity index (χ2v) is 7.06. The number of hydrogen-bond acceptors (Lipinski definition) is 6. The Morgan fingerprint density at radius 1 is 1.04 bits per heavy atom. The molecule has 136 valence electrons. The predicted octanol–water partition coefficient (Wildman–Crippen LogP) is 3.19. The SMILES string of the molecule is C=CCN(c1cccc([N+](=O)[O-])c1C)S(=O)(=O)c1ccccc1[N+](=O)[O-]. The molecule has 0 saturated heterocycles. The van der Waals surface area contributed by atoms with Crippen LogP contribution in [0.25, 0.3) is 0 Å². The van der Waals surface area contributed by atoms with Gasteiger partial charge in [0.25, 0.3) is 21.4 Å². The largest absolute Gasteiger partial charge is 0.289 e. The molecule has 0 aliphatic heterocycles. The zero-order chi connectivity index (χ0) is 19.5. The molecule has 0 unspecified atom stereocenters. The van der Waals surface area contributed by atoms with Gasteiger partial charge in [0, 0.05) is 12.1 Å². The fourth-order valence-electron chi connectivity index (χ4n) is 2.47. The highest BCUT2D eigenvalue weighted by Gasteiger charge is 2.33. The van der Waals surface area contributed by atoms with E-state index in [1.54, 1.807) is 0 Å². The molecule has 0 fully saturated rings. The fourth-order valence-corrected chi connectivity index (χ4v) is 4.12. The Labute approximate surface area is 149 Å². The summed E-state index contributed by atoms with van der Waals surface area (Å²) in [6.07, 6.45) is 1.30. The third-order valence-corrected chi connectivity index (χ3v) is 5.49. The normalized spacial score (nSPS) is 11.0. The Balaban J connectivity index is 2.72. The molecule has 9 nitrogen and oxygen atoms in total. The number of sulfonamides is 1. The first-order valence-electron chi connectivity index (χ1n) is 7.33. The Bertz CT molecular complexity index is 987. The monoisotopic (exact) mass is 377 g/mol. The van der Waals surface area contributed by atoms with E-state index in [-0.39, 0.29) is 23.5 Å². The van der Waals surface area contributed by atoms with E-state index in [0.717, 1.165) is 16.4 Å². The minimum atomic E-state index is -4.36. The van der Waals surface area contributed by atoms with Gasteiger partial charge in [-0.25, -0.2) is 8.42 Å². The maximum atomic E-state index is 13.1. The van der Waals surface area contributed by atoms with Crippen LogP contribution in [-0.4, -0.2) is 24.8 Å². The molecule has 0 spiro atoms. The van der Waals surface area contributed by atoms with Gasteiger partial charge in [0.05, 0.1) is 27.6 Å². The molecular formula is C16H15N3O6S. The van der Waals surface area contributed by atoms with Crippen LogP contribution in [0, 0.1) is 27.2 Å². The molecule has 0 amide bonds. The summed E-state index contributed by atoms with van der Waals surface area (Å²) in [7, 11) is -4.36. The van der Waals surface area contributed by atoms with E-state index in [1.807, 2.05) is 0 Å². The lowest BCUT2D eigenvalue weighted by Gasteiger charge is -2.24. The van der Waals surface area contributed by atoms with Crippen LogP contribution >= 0.6 is 0 Å². The summed E-state index contributed by atoms with van der Waals surface area (Å²) in [5, 5.41) is 22.4. The van der Waals surface area contributed by atoms with Crippen molar-refractivity contribution in [1.29, 1.82) is 0 Å². The maximum Gasteiger partial charge on any atom is 0.289 e. The van der Waals surface area contributed by atoms with E-state index in [9.17, 15) is 28.6 Å². The second kappa shape index (κ2) is 7.31. The first kappa shape index (κ1) is 19.1. The van der Waals surface area contributed by atoms with Crippen LogP contribution < -0.4 is 4.31 Å². The maximum absolute atomic E-state index is 13.1. The highest BCUT2D eigenvalue weighted by atomic mass is 32.2. The average molecular weight is 377 g/mol. The number of nitro benzene ring substituents is 2. The smallest absolute Gasteiger partial charge is 0.262 e. The molecule has 0 aliphatic carbocycles. The zero-order valence-electron chi connectivity index (χ0n) is 13.7. The fraction of sp³-hybridized carbons (Fsp3) is 0.125. The summed E-state index contributed by atoms with van der Waals surface area (Å²) < 4.78 is 27.0. The lowest BCUT2D eigenvalue weighted by atomic mass is 10.1. The first-order chi connectivity index (χ1) is 12.2. The topological polar surface area (TPSA) is 124 Å². The Kier molecular flexibility index (Phi) is 5.36. The van der Waals surface area contributed by atoms with Gasteiger partial charge in [0.1, 0.15) is 0 Å². The summed E-state index contributed by atoms with van der Waals surface area (Å²) in [5.74, 6) is 0. The molecule has 0 saturated carbocycles. The quantitative estimate of drug-likeness (QED) is 0.415. The minimum Gasteiger partial charge on any atom is -0.262 e. The van der Waals surface area contributed by atoms with Gasteiger partial charge in [-0.05, 0) is 19.1 Å². The zero-order valence-corrected chi connectivity index (χ0v) is 14.5. The van der Waals surface area contributed by atoms with Crippen molar-refractivity contribution < 1.29 is 18.3 Å². The molecule has 0 aromatic heterocycles. The third-order valence-electron chi connectivity index (χ3n) is 3.67. The van der Waals surface area contributed by atoms with E-state index in [0.29, 0.717) is 0 Å². The summed E-state index contributed by atoms with van der Waals surface area (Å²) in [5.41, 5.74) is -0.655. The number of benzene rings is 2. The van der Waals surface area contributed by atoms with Gasteiger partial charge in [-0.15, -0.1) is 6.58 Å². The number of para-hydroxylation sites is 1. The van der Waals surface area contributed by atoms with Crippen LogP contribution in [0.4, 0.5) is 17.1 Å². The van der Waals surface area contributed by atoms with Crippen molar-refractivity contribution in [3.8, 4) is 0 Å². The molecule has 2 rings (SSSR count). The van der Waals surface area contributed by atoms with Crippen LogP contribution in [-0.2, 0) is 10.0 Å². The van der Waals surface area contributed by atoms with Crippen molar-refractivity contribution >= 4 is 27.1 Å². The molecule has 2 aromatic carbocycles. The van der Waals surface area contributed by atoms with Crippen LogP contribution in [0.5, 0.6) is 0 Å². The molecule has 0 aliphatic rings. The molecule has 0 bridgehead atoms. The van der Waals surface area contributed by atoms with Crippen molar-refractivity contribution in [3.63, 3.8) is 0 Å². The van der Waals surface area contributed by atoms with Gasteiger partial charge in [-0.1, -0.05) is 24.3 Å². The summed E-state index contributed by atoms with van der Waals surface area (Å²) in [4.78, 5) is 20.4. The van der Waals surface area contributed by atoms with Crippen molar-refractivity contribution in [3.05, 3.63) is 80.9 Å². The Hall–Kier alpha value is -3.27. The van der Waals surface area contributed by atoms with E-state index in [1.165, 1.54) is 43.3 Å². The number of hydrogen-bond donors (Lipinski definition) is 0. The average Bonchev–Trinajstić information content (AvgIpc) is 2.59. The number of nitrogens with zero attached hydrogens (tertiary/aromatic N) is 3. The second-order valence-electron chi connectivity index (χ2n) is 5.23. The van der Waals surface area contributed by atoms with Crippen molar-refractivity contribution in [1.82, 2.24) is 0 Å². The highest BCUT2D eigenvalue weighted by molar-refractivity contribution is 7.93. The predicted molar refractivity (Wildman–Crippen MR) is 95.7 cm³/mol. The summed E-state index contributed by atoms with van der Waals surface area (Å²) in [6.45, 7) is 4.71. The molecule has 0 heterocycles. The van der Waals surface area contributed by atoms with Gasteiger partial charge in [0.2, 0.25) is 0 Å². The Morgan fingerprint density at radius 3 is 2.19 bits per heavy atom. The number of anilines is 1. The molecule has 10 heteroatoms. The molecule has 0 atom stereocenters. The van der Waals surface area contributed by atoms with E-state index < -0.39 is 30.5 Å². The van der Waals surface area contributed by atoms with Gasteiger partial charge < -0.3 is 0 Å². The molecule has 0 N–H and O–H groups in total. The van der Waals surface area contributed by atoms with Crippen LogP contribution in [0.3, 0.4) is 0 Å². The van der Waals surface area contributed by atoms with Crippen LogP contribution in [0.15, 0.2) is 60.0 Å². The van der Waals surface area contributed by atoms with E-state index >= 15 is 0 Å². The van der Waals surface area contributed by atoms with E-state index in [2.05, 4.69) is 6.58 Å². The lowest BCUT2D eigenvalue weighted by Crippen LogP contribution is -2.32. The van der Waals surface area contributed by atoms with Crippen LogP contribution in [0.2, 0.25) is 0 Å². The number of nitro groups is 2. The van der Waals surface area contributed by atoms with Crippen molar-refractivity contribution in [2.45, 2.75) is 11.8 Å². The third kappa shape index (κ3) is 3.40. The van der Waals surface area contributed by atoms with Gasteiger partial charge in [-0.2, -0.15) is 0 Å². The minimum absolute atomic E-state index is 0.0530.